The highest BCUT2D eigenvalue weighted by molar-refractivity contribution is 7.99. The molecule has 32 heavy (non-hydrogen) atoms. The minimum Gasteiger partial charge on any atom is -0.365 e. The Balaban J connectivity index is 1.47. The smallest absolute Gasteiger partial charge is 0.251 e. The van der Waals surface area contributed by atoms with Crippen molar-refractivity contribution in [3.05, 3.63) is 32.3 Å². The molecule has 0 bridgehead atoms. The van der Waals surface area contributed by atoms with E-state index in [4.69, 9.17) is 5.73 Å². The average Bonchev–Trinajstić information content (AvgIpc) is 3.47. The molecule has 1 aliphatic rings. The van der Waals surface area contributed by atoms with Crippen molar-refractivity contribution in [2.45, 2.75) is 58.2 Å². The molecule has 0 radical (unpaired) electrons. The zero-order chi connectivity index (χ0) is 22.8. The number of nitrogens with one attached hydrogen (secondary N) is 1. The van der Waals surface area contributed by atoms with Gasteiger partial charge < -0.3 is 15.6 Å². The van der Waals surface area contributed by atoms with E-state index in [1.165, 1.54) is 28.0 Å². The normalized spacial score (nSPS) is 15.5. The fourth-order valence-electron chi connectivity index (χ4n) is 3.97. The van der Waals surface area contributed by atoms with Crippen LogP contribution in [0.5, 0.6) is 0 Å². The van der Waals surface area contributed by atoms with Crippen LogP contribution < -0.4 is 11.1 Å². The molecule has 7 nitrogen and oxygen atoms in total. The lowest BCUT2D eigenvalue weighted by Gasteiger charge is -2.18. The summed E-state index contributed by atoms with van der Waals surface area (Å²) < 4.78 is 2.03. The van der Waals surface area contributed by atoms with Crippen LogP contribution in [0.15, 0.2) is 16.6 Å². The maximum absolute atomic E-state index is 12.7. The lowest BCUT2D eigenvalue weighted by atomic mass is 9.88. The Morgan fingerprint density at radius 1 is 1.34 bits per heavy atom. The third-order valence-electron chi connectivity index (χ3n) is 5.64. The van der Waals surface area contributed by atoms with Gasteiger partial charge in [-0.05, 0) is 50.2 Å². The van der Waals surface area contributed by atoms with Gasteiger partial charge in [0.2, 0.25) is 5.91 Å². The Hall–Kier alpha value is -2.17. The van der Waals surface area contributed by atoms with Gasteiger partial charge in [0.15, 0.2) is 11.0 Å². The van der Waals surface area contributed by atoms with E-state index in [-0.39, 0.29) is 11.7 Å². The van der Waals surface area contributed by atoms with Crippen molar-refractivity contribution in [2.75, 3.05) is 11.1 Å². The van der Waals surface area contributed by atoms with Crippen LogP contribution in [0.25, 0.3) is 11.4 Å². The van der Waals surface area contributed by atoms with Gasteiger partial charge >= 0.3 is 0 Å². The van der Waals surface area contributed by atoms with Crippen LogP contribution in [0.1, 0.15) is 52.9 Å². The van der Waals surface area contributed by atoms with Gasteiger partial charge in [-0.25, -0.2) is 0 Å². The standard InChI is InChI=1S/C22H27N5O2S3/c1-4-14-9-13(10-30-14)20-25-26-22(27(20)5-2)31-11-17(28)24-21-18(19(23)29)15-7-6-12(3)8-16(15)32-21/h9-10,12H,4-8,11H2,1-3H3,(H2,23,29)(H,24,28). The molecule has 0 saturated heterocycles. The molecule has 3 aromatic rings. The van der Waals surface area contributed by atoms with Crippen LogP contribution >= 0.6 is 34.4 Å². The summed E-state index contributed by atoms with van der Waals surface area (Å²) in [5, 5.41) is 15.0. The fourth-order valence-corrected chi connectivity index (χ4v) is 7.02. The number of thiophene rings is 2. The highest BCUT2D eigenvalue weighted by atomic mass is 32.2. The SMILES string of the molecule is CCc1cc(-c2nnc(SCC(=O)Nc3sc4c(c3C(N)=O)CCC(C)C4)n2CC)cs1. The first-order valence-corrected chi connectivity index (χ1v) is 13.5. The zero-order valence-corrected chi connectivity index (χ0v) is 20.9. The molecule has 0 aromatic carbocycles. The lowest BCUT2D eigenvalue weighted by molar-refractivity contribution is -0.113. The summed E-state index contributed by atoms with van der Waals surface area (Å²) in [6.45, 7) is 7.10. The van der Waals surface area contributed by atoms with E-state index in [2.05, 4.69) is 40.8 Å². The highest BCUT2D eigenvalue weighted by Crippen LogP contribution is 2.39. The Labute approximate surface area is 199 Å². The van der Waals surface area contributed by atoms with Gasteiger partial charge in [0.05, 0.1) is 11.3 Å². The van der Waals surface area contributed by atoms with Crippen molar-refractivity contribution in [3.63, 3.8) is 0 Å². The third kappa shape index (κ3) is 4.62. The van der Waals surface area contributed by atoms with Crippen molar-refractivity contribution in [1.29, 1.82) is 0 Å². The Kier molecular flexibility index (Phi) is 7.02. The molecule has 4 rings (SSSR count). The number of aromatic nitrogens is 3. The molecule has 3 aromatic heterocycles. The summed E-state index contributed by atoms with van der Waals surface area (Å²) in [6.07, 6.45) is 3.79. The summed E-state index contributed by atoms with van der Waals surface area (Å²) in [5.74, 6) is 0.923. The van der Waals surface area contributed by atoms with Gasteiger partial charge in [-0.2, -0.15) is 0 Å². The number of thioether (sulfide) groups is 1. The number of hydrogen-bond acceptors (Lipinski definition) is 7. The van der Waals surface area contributed by atoms with E-state index in [9.17, 15) is 9.59 Å². The van der Waals surface area contributed by atoms with Crippen molar-refractivity contribution in [3.8, 4) is 11.4 Å². The van der Waals surface area contributed by atoms with Crippen molar-refractivity contribution < 1.29 is 9.59 Å². The molecule has 10 heteroatoms. The number of rotatable bonds is 8. The number of amides is 2. The van der Waals surface area contributed by atoms with Crippen LogP contribution in [0.2, 0.25) is 0 Å². The third-order valence-corrected chi connectivity index (χ3v) is 8.85. The van der Waals surface area contributed by atoms with Crippen LogP contribution in [0, 0.1) is 5.92 Å². The van der Waals surface area contributed by atoms with Crippen molar-refractivity contribution in [1.82, 2.24) is 14.8 Å². The second kappa shape index (κ2) is 9.76. The average molecular weight is 490 g/mol. The number of carbonyl (C=O) groups is 2. The van der Waals surface area contributed by atoms with E-state index in [0.717, 1.165) is 47.5 Å². The summed E-state index contributed by atoms with van der Waals surface area (Å²) >= 11 is 4.55. The Morgan fingerprint density at radius 3 is 2.84 bits per heavy atom. The quantitative estimate of drug-likeness (QED) is 0.450. The number of fused-ring (bicyclic) bond motifs is 1. The Bertz CT molecular complexity index is 1150. The molecule has 3 N–H and O–H groups in total. The molecule has 0 spiro atoms. The van der Waals surface area contributed by atoms with Crippen LogP contribution in [0.3, 0.4) is 0 Å². The number of primary amides is 1. The number of nitrogens with two attached hydrogens (primary N) is 1. The zero-order valence-electron chi connectivity index (χ0n) is 18.4. The monoisotopic (exact) mass is 489 g/mol. The second-order valence-electron chi connectivity index (χ2n) is 7.96. The van der Waals surface area contributed by atoms with E-state index >= 15 is 0 Å². The molecular weight excluding hydrogens is 462 g/mol. The van der Waals surface area contributed by atoms with Gasteiger partial charge in [-0.15, -0.1) is 32.9 Å². The minimum atomic E-state index is -0.474. The number of hydrogen-bond donors (Lipinski definition) is 2. The summed E-state index contributed by atoms with van der Waals surface area (Å²) in [4.78, 5) is 27.3. The van der Waals surface area contributed by atoms with Gasteiger partial charge in [0.25, 0.3) is 5.91 Å². The molecular formula is C22H27N5O2S3. The van der Waals surface area contributed by atoms with E-state index < -0.39 is 5.91 Å². The molecule has 0 aliphatic heterocycles. The maximum Gasteiger partial charge on any atom is 0.251 e. The molecule has 0 fully saturated rings. The molecule has 2 amide bonds. The maximum atomic E-state index is 12.7. The summed E-state index contributed by atoms with van der Waals surface area (Å²) in [5.41, 5.74) is 8.21. The van der Waals surface area contributed by atoms with Crippen molar-refractivity contribution in [2.24, 2.45) is 11.7 Å². The topological polar surface area (TPSA) is 103 Å². The fraction of sp³-hybridized carbons (Fsp3) is 0.455. The highest BCUT2D eigenvalue weighted by Gasteiger charge is 2.27. The number of nitrogens with zero attached hydrogens (tertiary/aromatic N) is 3. The molecule has 170 valence electrons. The second-order valence-corrected chi connectivity index (χ2v) is 11.0. The van der Waals surface area contributed by atoms with Gasteiger partial charge in [-0.1, -0.05) is 25.6 Å². The van der Waals surface area contributed by atoms with Gasteiger partial charge in [0, 0.05) is 27.2 Å². The van der Waals surface area contributed by atoms with E-state index in [1.807, 2.05) is 11.5 Å². The van der Waals surface area contributed by atoms with Crippen molar-refractivity contribution >= 4 is 51.3 Å². The number of aryl methyl sites for hydroxylation is 1. The first-order chi connectivity index (χ1) is 15.4. The molecule has 1 atom stereocenters. The first-order valence-electron chi connectivity index (χ1n) is 10.8. The molecule has 3 heterocycles. The number of anilines is 1. The molecule has 1 aliphatic carbocycles. The first kappa shape index (κ1) is 23.0. The molecule has 1 unspecified atom stereocenters. The largest absolute Gasteiger partial charge is 0.365 e. The number of carbonyl (C=O) groups excluding carboxylic acids is 2. The minimum absolute atomic E-state index is 0.180. The van der Waals surface area contributed by atoms with Gasteiger partial charge in [0.1, 0.15) is 5.00 Å². The van der Waals surface area contributed by atoms with Gasteiger partial charge in [-0.3, -0.25) is 9.59 Å². The molecule has 0 saturated carbocycles. The summed E-state index contributed by atoms with van der Waals surface area (Å²) in [6, 6.07) is 2.15. The van der Waals surface area contributed by atoms with E-state index in [0.29, 0.717) is 28.2 Å². The Morgan fingerprint density at radius 2 is 2.16 bits per heavy atom. The lowest BCUT2D eigenvalue weighted by Crippen LogP contribution is -2.20. The van der Waals surface area contributed by atoms with E-state index in [1.54, 1.807) is 11.3 Å². The predicted octanol–water partition coefficient (Wildman–Crippen LogP) is 4.60. The predicted molar refractivity (Wildman–Crippen MR) is 132 cm³/mol. The van der Waals surface area contributed by atoms with Crippen LogP contribution in [-0.4, -0.2) is 32.3 Å². The van der Waals surface area contributed by atoms with Crippen LogP contribution in [0.4, 0.5) is 5.00 Å². The van der Waals surface area contributed by atoms with Crippen LogP contribution in [-0.2, 0) is 30.6 Å². The summed E-state index contributed by atoms with van der Waals surface area (Å²) in [7, 11) is 0.